The Morgan fingerprint density at radius 1 is 1.08 bits per heavy atom. The molecule has 1 saturated carbocycles. The number of aryl methyl sites for hydroxylation is 1. The first-order chi connectivity index (χ1) is 18.9. The number of likely N-dealkylation sites (N-methyl/N-ethyl adjacent to an activating group) is 1. The number of anilines is 1. The number of amides is 1. The maximum absolute atomic E-state index is 14.7. The second-order valence-corrected chi connectivity index (χ2v) is 11.0. The summed E-state index contributed by atoms with van der Waals surface area (Å²) in [5, 5.41) is 11.6. The minimum atomic E-state index is -0.546. The molecule has 3 aliphatic rings. The van der Waals surface area contributed by atoms with Gasteiger partial charge in [-0.25, -0.2) is 14.1 Å². The van der Waals surface area contributed by atoms with Gasteiger partial charge >= 0.3 is 0 Å². The van der Waals surface area contributed by atoms with E-state index in [0.717, 1.165) is 48.7 Å². The van der Waals surface area contributed by atoms with E-state index in [1.807, 2.05) is 10.5 Å². The fraction of sp³-hybridized carbons (Fsp3) is 0.429. The number of methoxy groups -OCH3 is 1. The number of halogens is 1. The van der Waals surface area contributed by atoms with Crippen molar-refractivity contribution < 1.29 is 13.9 Å². The lowest BCUT2D eigenvalue weighted by molar-refractivity contribution is 0.0947. The number of rotatable bonds is 6. The molecule has 0 spiro atoms. The third kappa shape index (κ3) is 4.12. The maximum atomic E-state index is 14.7. The van der Waals surface area contributed by atoms with Gasteiger partial charge in [0.05, 0.1) is 42.1 Å². The minimum absolute atomic E-state index is 0.00670. The van der Waals surface area contributed by atoms with E-state index in [1.165, 1.54) is 18.9 Å². The number of carbonyl (C=O) groups excluding carboxylic acids is 1. The summed E-state index contributed by atoms with van der Waals surface area (Å²) in [5.41, 5.74) is 4.43. The van der Waals surface area contributed by atoms with Crippen LogP contribution in [0.25, 0.3) is 22.7 Å². The largest absolute Gasteiger partial charge is 0.494 e. The monoisotopic (exact) mass is 530 g/mol. The number of carbonyl (C=O) groups is 1. The second-order valence-electron chi connectivity index (χ2n) is 11.0. The normalized spacial score (nSPS) is 21.1. The van der Waals surface area contributed by atoms with Gasteiger partial charge in [0.1, 0.15) is 22.9 Å². The number of imidazole rings is 1. The summed E-state index contributed by atoms with van der Waals surface area (Å²) in [6, 6.07) is 6.09. The number of aromatic nitrogens is 5. The molecule has 3 aromatic heterocycles. The summed E-state index contributed by atoms with van der Waals surface area (Å²) < 4.78 is 24.0. The highest BCUT2D eigenvalue weighted by atomic mass is 19.1. The van der Waals surface area contributed by atoms with Crippen LogP contribution in [0.4, 0.5) is 10.1 Å². The van der Waals surface area contributed by atoms with Crippen LogP contribution >= 0.6 is 0 Å². The van der Waals surface area contributed by atoms with Gasteiger partial charge in [-0.15, -0.1) is 5.10 Å². The Labute approximate surface area is 225 Å². The van der Waals surface area contributed by atoms with E-state index in [1.54, 1.807) is 37.2 Å². The Balaban J connectivity index is 1.24. The zero-order valence-electron chi connectivity index (χ0n) is 22.3. The molecule has 10 nitrogen and oxygen atoms in total. The van der Waals surface area contributed by atoms with Crippen molar-refractivity contribution in [2.24, 2.45) is 0 Å². The van der Waals surface area contributed by atoms with Crippen molar-refractivity contribution >= 4 is 17.2 Å². The molecule has 1 aromatic carbocycles. The summed E-state index contributed by atoms with van der Waals surface area (Å²) >= 11 is 0. The summed E-state index contributed by atoms with van der Waals surface area (Å²) in [6.45, 7) is 3.70. The molecule has 7 rings (SSSR count). The zero-order chi connectivity index (χ0) is 26.8. The Kier molecular flexibility index (Phi) is 5.58. The predicted octanol–water partition coefficient (Wildman–Crippen LogP) is 3.21. The topological polar surface area (TPSA) is 92.8 Å². The molecule has 1 N–H and O–H groups in total. The van der Waals surface area contributed by atoms with Crippen molar-refractivity contribution in [2.75, 3.05) is 32.1 Å². The molecule has 202 valence electrons. The van der Waals surface area contributed by atoms with Crippen molar-refractivity contribution in [1.29, 1.82) is 0 Å². The Morgan fingerprint density at radius 3 is 2.56 bits per heavy atom. The number of fused-ring (bicyclic) bond motifs is 3. The molecule has 11 heteroatoms. The van der Waals surface area contributed by atoms with Gasteiger partial charge in [0.15, 0.2) is 0 Å². The van der Waals surface area contributed by atoms with Crippen LogP contribution in [0.1, 0.15) is 41.6 Å². The number of nitrogens with zero attached hydrogens (tertiary/aromatic N) is 7. The number of nitrogens with one attached hydrogen (secondary N) is 1. The van der Waals surface area contributed by atoms with Crippen LogP contribution in [-0.4, -0.2) is 80.6 Å². The van der Waals surface area contributed by atoms with Gasteiger partial charge < -0.3 is 15.0 Å². The molecular formula is C28H31FN8O2. The van der Waals surface area contributed by atoms with Gasteiger partial charge in [-0.1, -0.05) is 5.21 Å². The van der Waals surface area contributed by atoms with E-state index in [4.69, 9.17) is 4.74 Å². The first-order valence-corrected chi connectivity index (χ1v) is 13.5. The standard InChI is InChI=1S/C28H31FN8O2/c1-16-8-21(29)20(28(38)31-17-4-5-17)9-23(16)37-14-22(32-33-37)24-11-30-27-10-26(39-3)25(15-36(24)27)35-12-18-6-7-19(13-35)34(18)2/h8-11,14-15,17-19H,4-7,12-13H2,1-3H3,(H,31,38). The van der Waals surface area contributed by atoms with Crippen molar-refractivity contribution in [1.82, 2.24) is 34.6 Å². The molecule has 5 heterocycles. The molecule has 3 fully saturated rings. The minimum Gasteiger partial charge on any atom is -0.494 e. The van der Waals surface area contributed by atoms with E-state index >= 15 is 0 Å². The lowest BCUT2D eigenvalue weighted by Gasteiger charge is -2.40. The third-order valence-corrected chi connectivity index (χ3v) is 8.44. The molecule has 2 bridgehead atoms. The molecule has 39 heavy (non-hydrogen) atoms. The molecular weight excluding hydrogens is 499 g/mol. The highest BCUT2D eigenvalue weighted by molar-refractivity contribution is 5.95. The molecule has 1 aliphatic carbocycles. The number of hydrogen-bond acceptors (Lipinski definition) is 7. The zero-order valence-corrected chi connectivity index (χ0v) is 22.3. The van der Waals surface area contributed by atoms with E-state index in [0.29, 0.717) is 29.0 Å². The molecule has 2 unspecified atom stereocenters. The van der Waals surface area contributed by atoms with Crippen molar-refractivity contribution in [3.8, 4) is 22.8 Å². The lowest BCUT2D eigenvalue weighted by atomic mass is 10.1. The smallest absolute Gasteiger partial charge is 0.254 e. The Morgan fingerprint density at radius 2 is 1.85 bits per heavy atom. The molecule has 1 amide bonds. The van der Waals surface area contributed by atoms with Crippen LogP contribution in [0.2, 0.25) is 0 Å². The predicted molar refractivity (Wildman–Crippen MR) is 144 cm³/mol. The highest BCUT2D eigenvalue weighted by Crippen LogP contribution is 2.37. The number of pyridine rings is 1. The van der Waals surface area contributed by atoms with E-state index in [9.17, 15) is 9.18 Å². The van der Waals surface area contributed by atoms with Gasteiger partial charge in [-0.2, -0.15) is 0 Å². The second kappa shape index (κ2) is 9.04. The average Bonchev–Trinajstić information content (AvgIpc) is 3.37. The van der Waals surface area contributed by atoms with Crippen LogP contribution in [-0.2, 0) is 0 Å². The summed E-state index contributed by atoms with van der Waals surface area (Å²) in [5.74, 6) is -0.154. The fourth-order valence-electron chi connectivity index (χ4n) is 5.97. The van der Waals surface area contributed by atoms with Crippen molar-refractivity contribution in [2.45, 2.75) is 50.7 Å². The average molecular weight is 531 g/mol. The van der Waals surface area contributed by atoms with Gasteiger partial charge in [0, 0.05) is 43.5 Å². The van der Waals surface area contributed by atoms with Gasteiger partial charge in [0.25, 0.3) is 5.91 Å². The first kappa shape index (κ1) is 24.1. The van der Waals surface area contributed by atoms with Gasteiger partial charge in [0.2, 0.25) is 0 Å². The summed E-state index contributed by atoms with van der Waals surface area (Å²) in [4.78, 5) is 22.1. The molecule has 2 atom stereocenters. The molecule has 4 aromatic rings. The lowest BCUT2D eigenvalue weighted by Crippen LogP contribution is -2.52. The summed E-state index contributed by atoms with van der Waals surface area (Å²) in [6.07, 6.45) is 9.92. The van der Waals surface area contributed by atoms with Crippen molar-refractivity contribution in [3.63, 3.8) is 0 Å². The van der Waals surface area contributed by atoms with Gasteiger partial charge in [-0.3, -0.25) is 14.1 Å². The first-order valence-electron chi connectivity index (χ1n) is 13.5. The quantitative estimate of drug-likeness (QED) is 0.409. The molecule has 0 radical (unpaired) electrons. The van der Waals surface area contributed by atoms with Crippen LogP contribution in [0.15, 0.2) is 36.8 Å². The summed E-state index contributed by atoms with van der Waals surface area (Å²) in [7, 11) is 3.92. The Hall–Kier alpha value is -3.99. The van der Waals surface area contributed by atoms with E-state index in [-0.39, 0.29) is 11.6 Å². The van der Waals surface area contributed by atoms with E-state index < -0.39 is 11.7 Å². The van der Waals surface area contributed by atoms with Crippen LogP contribution in [0.3, 0.4) is 0 Å². The number of hydrogen-bond donors (Lipinski definition) is 1. The fourth-order valence-corrected chi connectivity index (χ4v) is 5.97. The molecule has 2 saturated heterocycles. The highest BCUT2D eigenvalue weighted by Gasteiger charge is 2.38. The SMILES string of the molecule is COc1cc2ncc(-c3cn(-c4cc(C(=O)NC5CC5)c(F)cc4C)nn3)n2cc1N1CC2CCC(C1)N2C. The number of ether oxygens (including phenoxy) is 1. The Bertz CT molecular complexity index is 1580. The van der Waals surface area contributed by atoms with Crippen LogP contribution < -0.4 is 15.0 Å². The number of piperazine rings is 1. The van der Waals surface area contributed by atoms with E-state index in [2.05, 4.69) is 43.7 Å². The maximum Gasteiger partial charge on any atom is 0.254 e. The third-order valence-electron chi connectivity index (χ3n) is 8.44. The van der Waals surface area contributed by atoms with Crippen molar-refractivity contribution in [3.05, 3.63) is 53.7 Å². The number of benzene rings is 1. The molecule has 2 aliphatic heterocycles. The van der Waals surface area contributed by atoms with Crippen LogP contribution in [0.5, 0.6) is 5.75 Å². The van der Waals surface area contributed by atoms with Gasteiger partial charge in [-0.05, 0) is 57.4 Å². The van der Waals surface area contributed by atoms with Crippen LogP contribution in [0, 0.1) is 12.7 Å².